The van der Waals surface area contributed by atoms with Gasteiger partial charge in [0.15, 0.2) is 0 Å². The standard InChI is InChI=1S/C4H8NO.C2H5.Sn/c1-3-6-4-2-5-1;1-2;/h1-4H2;1H2,2H3;/q-1;;+1. The Morgan fingerprint density at radius 2 is 2.11 bits per heavy atom. The van der Waals surface area contributed by atoms with E-state index in [1.54, 1.807) is 0 Å². The number of ether oxygens (including phenoxy) is 1. The molecule has 1 fully saturated rings. The fourth-order valence-electron chi connectivity index (χ4n) is 0.945. The number of rotatable bonds is 2. The van der Waals surface area contributed by atoms with Gasteiger partial charge in [0.05, 0.1) is 0 Å². The van der Waals surface area contributed by atoms with Crippen molar-refractivity contribution in [2.75, 3.05) is 26.3 Å². The van der Waals surface area contributed by atoms with Crippen molar-refractivity contribution in [3.05, 3.63) is 0 Å². The molecular formula is C6H13NOSn. The summed E-state index contributed by atoms with van der Waals surface area (Å²) >= 11 is -0.119. The summed E-state index contributed by atoms with van der Waals surface area (Å²) in [5, 5.41) is 0. The second-order valence-electron chi connectivity index (χ2n) is 2.11. The first-order valence-corrected chi connectivity index (χ1v) is 6.79. The van der Waals surface area contributed by atoms with Crippen LogP contribution in [0.2, 0.25) is 4.44 Å². The second-order valence-corrected chi connectivity index (χ2v) is 6.84. The Balaban J connectivity index is 2.08. The Labute approximate surface area is 67.1 Å². The van der Waals surface area contributed by atoms with E-state index in [0.29, 0.717) is 0 Å². The summed E-state index contributed by atoms with van der Waals surface area (Å²) in [4.78, 5) is 0. The first-order valence-electron chi connectivity index (χ1n) is 3.49. The predicted molar refractivity (Wildman–Crippen MR) is 38.6 cm³/mol. The van der Waals surface area contributed by atoms with Crippen molar-refractivity contribution in [3.8, 4) is 0 Å². The molecule has 0 unspecified atom stereocenters. The molecule has 0 amide bonds. The van der Waals surface area contributed by atoms with Crippen molar-refractivity contribution < 1.29 is 4.74 Å². The van der Waals surface area contributed by atoms with Crippen molar-refractivity contribution in [2.45, 2.75) is 11.4 Å². The predicted octanol–water partition coefficient (Wildman–Crippen LogP) is 0.376. The zero-order valence-electron chi connectivity index (χ0n) is 5.89. The van der Waals surface area contributed by atoms with Crippen molar-refractivity contribution in [3.63, 3.8) is 0 Å². The minimum atomic E-state index is -0.119. The molecule has 0 aromatic heterocycles. The van der Waals surface area contributed by atoms with Crippen LogP contribution in [-0.4, -0.2) is 50.8 Å². The molecule has 1 aliphatic rings. The summed E-state index contributed by atoms with van der Waals surface area (Å²) in [7, 11) is 0. The van der Waals surface area contributed by atoms with E-state index < -0.39 is 0 Å². The molecule has 9 heavy (non-hydrogen) atoms. The van der Waals surface area contributed by atoms with Gasteiger partial charge in [0, 0.05) is 0 Å². The van der Waals surface area contributed by atoms with Crippen LogP contribution < -0.4 is 0 Å². The normalized spacial score (nSPS) is 22.3. The van der Waals surface area contributed by atoms with E-state index in [1.807, 2.05) is 0 Å². The van der Waals surface area contributed by atoms with Crippen LogP contribution in [0.3, 0.4) is 0 Å². The monoisotopic (exact) mass is 235 g/mol. The third kappa shape index (κ3) is 2.87. The van der Waals surface area contributed by atoms with E-state index >= 15 is 0 Å². The van der Waals surface area contributed by atoms with Crippen molar-refractivity contribution in [1.29, 1.82) is 0 Å². The van der Waals surface area contributed by atoms with Crippen LogP contribution in [0.5, 0.6) is 0 Å². The summed E-state index contributed by atoms with van der Waals surface area (Å²) in [5.74, 6) is 0. The zero-order valence-corrected chi connectivity index (χ0v) is 8.75. The van der Waals surface area contributed by atoms with Gasteiger partial charge in [-0.25, -0.2) is 0 Å². The molecule has 2 radical (unpaired) electrons. The van der Waals surface area contributed by atoms with Gasteiger partial charge in [-0.1, -0.05) is 0 Å². The van der Waals surface area contributed by atoms with E-state index in [9.17, 15) is 0 Å². The van der Waals surface area contributed by atoms with Crippen LogP contribution in [0.15, 0.2) is 0 Å². The van der Waals surface area contributed by atoms with Crippen LogP contribution in [0, 0.1) is 0 Å². The summed E-state index contributed by atoms with van der Waals surface area (Å²) in [5.41, 5.74) is 0. The van der Waals surface area contributed by atoms with Gasteiger partial charge in [-0.3, -0.25) is 0 Å². The van der Waals surface area contributed by atoms with Gasteiger partial charge in [-0.2, -0.15) is 0 Å². The Morgan fingerprint density at radius 1 is 1.44 bits per heavy atom. The Morgan fingerprint density at radius 3 is 2.67 bits per heavy atom. The molecule has 0 N–H and O–H groups in total. The van der Waals surface area contributed by atoms with Gasteiger partial charge >= 0.3 is 66.9 Å². The molecule has 0 spiro atoms. The van der Waals surface area contributed by atoms with E-state index in [1.165, 1.54) is 17.5 Å². The molecule has 0 saturated carbocycles. The molecule has 1 aliphatic heterocycles. The minimum absolute atomic E-state index is 0.119. The van der Waals surface area contributed by atoms with Crippen molar-refractivity contribution in [1.82, 2.24) is 3.12 Å². The second kappa shape index (κ2) is 4.52. The molecule has 0 bridgehead atoms. The topological polar surface area (TPSA) is 12.5 Å². The fourth-order valence-corrected chi connectivity index (χ4v) is 3.65. The molecule has 52 valence electrons. The Bertz CT molecular complexity index is 70.7. The molecule has 0 aromatic rings. The van der Waals surface area contributed by atoms with E-state index in [2.05, 4.69) is 10.0 Å². The maximum absolute atomic E-state index is 5.23. The molecule has 1 saturated heterocycles. The number of hydrogen-bond acceptors (Lipinski definition) is 2. The van der Waals surface area contributed by atoms with E-state index in [-0.39, 0.29) is 21.4 Å². The molecule has 1 heterocycles. The van der Waals surface area contributed by atoms with Crippen LogP contribution >= 0.6 is 0 Å². The van der Waals surface area contributed by atoms with E-state index in [0.717, 1.165) is 13.2 Å². The summed E-state index contributed by atoms with van der Waals surface area (Å²) in [6.07, 6.45) is 0. The van der Waals surface area contributed by atoms with Gasteiger partial charge in [0.2, 0.25) is 0 Å². The van der Waals surface area contributed by atoms with Crippen LogP contribution in [-0.2, 0) is 4.74 Å². The first kappa shape index (κ1) is 7.82. The van der Waals surface area contributed by atoms with Gasteiger partial charge in [-0.15, -0.1) is 0 Å². The van der Waals surface area contributed by atoms with Crippen LogP contribution in [0.1, 0.15) is 6.92 Å². The maximum atomic E-state index is 5.23. The average molecular weight is 234 g/mol. The van der Waals surface area contributed by atoms with Crippen LogP contribution in [0.4, 0.5) is 0 Å². The van der Waals surface area contributed by atoms with Gasteiger partial charge in [-0.05, 0) is 0 Å². The zero-order chi connectivity index (χ0) is 6.53. The van der Waals surface area contributed by atoms with E-state index in [4.69, 9.17) is 4.74 Å². The summed E-state index contributed by atoms with van der Waals surface area (Å²) in [6.45, 7) is 6.66. The molecule has 2 nitrogen and oxygen atoms in total. The number of nitrogens with zero attached hydrogens (tertiary/aromatic N) is 1. The van der Waals surface area contributed by atoms with Crippen LogP contribution in [0.25, 0.3) is 0 Å². The molecule has 1 rings (SSSR count). The number of hydrogen-bond donors (Lipinski definition) is 0. The molecule has 3 heteroatoms. The Kier molecular flexibility index (Phi) is 3.93. The molecule has 0 aliphatic carbocycles. The third-order valence-corrected chi connectivity index (χ3v) is 4.85. The Hall–Kier alpha value is 0.719. The molecule has 0 aromatic carbocycles. The SMILES string of the molecule is C[CH2][Sn][N]1CCOCC1. The van der Waals surface area contributed by atoms with Gasteiger partial charge in [0.1, 0.15) is 0 Å². The van der Waals surface area contributed by atoms with Crippen molar-refractivity contribution >= 4 is 21.4 Å². The summed E-state index contributed by atoms with van der Waals surface area (Å²) in [6, 6.07) is 0. The fraction of sp³-hybridized carbons (Fsp3) is 1.00. The quantitative estimate of drug-likeness (QED) is 0.640. The third-order valence-electron chi connectivity index (χ3n) is 1.39. The van der Waals surface area contributed by atoms with Gasteiger partial charge in [0.25, 0.3) is 0 Å². The van der Waals surface area contributed by atoms with Gasteiger partial charge < -0.3 is 0 Å². The number of morpholine rings is 1. The first-order chi connectivity index (χ1) is 4.43. The molecular weight excluding hydrogens is 221 g/mol. The van der Waals surface area contributed by atoms with Crippen molar-refractivity contribution in [2.24, 2.45) is 0 Å². The molecule has 0 atom stereocenters. The average Bonchev–Trinajstić information content (AvgIpc) is 1.91. The summed E-state index contributed by atoms with van der Waals surface area (Å²) < 4.78 is 9.28.